The lowest BCUT2D eigenvalue weighted by Gasteiger charge is -2.14. The monoisotopic (exact) mass is 210 g/mol. The third-order valence-corrected chi connectivity index (χ3v) is 2.50. The highest BCUT2D eigenvalue weighted by molar-refractivity contribution is 5.15. The number of rotatable bonds is 4. The van der Waals surface area contributed by atoms with Crippen molar-refractivity contribution < 1.29 is 5.11 Å². The third kappa shape index (κ3) is 2.67. The number of aliphatic hydroxyl groups is 1. The second-order valence-corrected chi connectivity index (χ2v) is 3.91. The van der Waals surface area contributed by atoms with Crippen LogP contribution in [-0.4, -0.2) is 16.3 Å². The number of pyridine rings is 1. The van der Waals surface area contributed by atoms with Gasteiger partial charge in [-0.05, 0) is 18.9 Å². The van der Waals surface area contributed by atoms with Crippen LogP contribution in [0.25, 0.3) is 0 Å². The van der Waals surface area contributed by atoms with Gasteiger partial charge in [0.15, 0.2) is 0 Å². The Morgan fingerprint density at radius 3 is 2.73 bits per heavy atom. The van der Waals surface area contributed by atoms with Crippen molar-refractivity contribution in [3.63, 3.8) is 0 Å². The smallest absolute Gasteiger partial charge is 0.255 e. The number of hydrogen-bond donors (Lipinski definition) is 2. The Morgan fingerprint density at radius 2 is 2.20 bits per heavy atom. The van der Waals surface area contributed by atoms with Crippen molar-refractivity contribution >= 4 is 0 Å². The first-order chi connectivity index (χ1) is 7.10. The summed E-state index contributed by atoms with van der Waals surface area (Å²) in [6.45, 7) is 4.66. The fourth-order valence-corrected chi connectivity index (χ4v) is 1.47. The Morgan fingerprint density at radius 1 is 1.53 bits per heavy atom. The summed E-state index contributed by atoms with van der Waals surface area (Å²) in [4.78, 5) is 11.9. The standard InChI is InChI=1S/C11H18N2O2/c1-8(7-14)6-13-9(2)3-4-10(5-12)11(13)15/h3-4,8,14H,5-7,12H2,1-2H3. The Hall–Kier alpha value is -1.13. The molecular formula is C11H18N2O2. The van der Waals surface area contributed by atoms with E-state index in [9.17, 15) is 4.79 Å². The van der Waals surface area contributed by atoms with Crippen LogP contribution in [-0.2, 0) is 13.1 Å². The molecule has 15 heavy (non-hydrogen) atoms. The van der Waals surface area contributed by atoms with Crippen LogP contribution in [0.1, 0.15) is 18.2 Å². The highest BCUT2D eigenvalue weighted by atomic mass is 16.3. The SMILES string of the molecule is Cc1ccc(CN)c(=O)n1CC(C)CO. The predicted molar refractivity (Wildman–Crippen MR) is 59.6 cm³/mol. The molecule has 0 radical (unpaired) electrons. The van der Waals surface area contributed by atoms with Crippen LogP contribution in [0.2, 0.25) is 0 Å². The molecule has 0 amide bonds. The van der Waals surface area contributed by atoms with Crippen molar-refractivity contribution in [3.05, 3.63) is 33.7 Å². The molecule has 1 unspecified atom stereocenters. The number of aliphatic hydroxyl groups excluding tert-OH is 1. The largest absolute Gasteiger partial charge is 0.396 e. The maximum absolute atomic E-state index is 11.9. The third-order valence-electron chi connectivity index (χ3n) is 2.50. The van der Waals surface area contributed by atoms with Gasteiger partial charge in [0.05, 0.1) is 0 Å². The first-order valence-corrected chi connectivity index (χ1v) is 5.10. The van der Waals surface area contributed by atoms with E-state index < -0.39 is 0 Å². The van der Waals surface area contributed by atoms with Gasteiger partial charge in [-0.3, -0.25) is 4.79 Å². The molecule has 0 spiro atoms. The van der Waals surface area contributed by atoms with E-state index >= 15 is 0 Å². The quantitative estimate of drug-likeness (QED) is 0.748. The lowest BCUT2D eigenvalue weighted by molar-refractivity contribution is 0.221. The Kier molecular flexibility index (Phi) is 4.05. The summed E-state index contributed by atoms with van der Waals surface area (Å²) in [6.07, 6.45) is 0. The first-order valence-electron chi connectivity index (χ1n) is 5.10. The van der Waals surface area contributed by atoms with Crippen LogP contribution in [0.3, 0.4) is 0 Å². The number of nitrogens with zero attached hydrogens (tertiary/aromatic N) is 1. The minimum Gasteiger partial charge on any atom is -0.396 e. The molecule has 0 aliphatic carbocycles. The second kappa shape index (κ2) is 5.09. The zero-order valence-electron chi connectivity index (χ0n) is 9.23. The highest BCUT2D eigenvalue weighted by Crippen LogP contribution is 2.03. The van der Waals surface area contributed by atoms with Crippen LogP contribution in [0.5, 0.6) is 0 Å². The summed E-state index contributed by atoms with van der Waals surface area (Å²) in [5.41, 5.74) is 6.94. The first kappa shape index (κ1) is 11.9. The van der Waals surface area contributed by atoms with Gasteiger partial charge in [-0.15, -0.1) is 0 Å². The van der Waals surface area contributed by atoms with Gasteiger partial charge >= 0.3 is 0 Å². The maximum Gasteiger partial charge on any atom is 0.255 e. The van der Waals surface area contributed by atoms with Crippen molar-refractivity contribution in [2.45, 2.75) is 26.9 Å². The summed E-state index contributed by atoms with van der Waals surface area (Å²) in [5.74, 6) is 0.0782. The molecule has 0 saturated carbocycles. The van der Waals surface area contributed by atoms with Gasteiger partial charge in [0, 0.05) is 31.0 Å². The van der Waals surface area contributed by atoms with E-state index in [0.29, 0.717) is 12.1 Å². The molecule has 1 atom stereocenters. The average Bonchev–Trinajstić information content (AvgIpc) is 2.24. The fourth-order valence-electron chi connectivity index (χ4n) is 1.47. The Bertz CT molecular complexity index is 385. The van der Waals surface area contributed by atoms with E-state index in [4.69, 9.17) is 10.8 Å². The molecular weight excluding hydrogens is 192 g/mol. The Balaban J connectivity index is 3.10. The normalized spacial score (nSPS) is 12.8. The second-order valence-electron chi connectivity index (χ2n) is 3.91. The molecule has 1 heterocycles. The van der Waals surface area contributed by atoms with Gasteiger partial charge < -0.3 is 15.4 Å². The molecule has 4 heteroatoms. The zero-order chi connectivity index (χ0) is 11.4. The van der Waals surface area contributed by atoms with Crippen molar-refractivity contribution in [3.8, 4) is 0 Å². The summed E-state index contributed by atoms with van der Waals surface area (Å²) < 4.78 is 1.67. The van der Waals surface area contributed by atoms with Crippen molar-refractivity contribution in [1.29, 1.82) is 0 Å². The fraction of sp³-hybridized carbons (Fsp3) is 0.545. The van der Waals surface area contributed by atoms with E-state index in [-0.39, 0.29) is 24.6 Å². The number of aromatic nitrogens is 1. The number of aryl methyl sites for hydroxylation is 1. The number of nitrogens with two attached hydrogens (primary N) is 1. The molecule has 0 saturated heterocycles. The average molecular weight is 210 g/mol. The van der Waals surface area contributed by atoms with Gasteiger partial charge in [0.25, 0.3) is 5.56 Å². The molecule has 0 aliphatic heterocycles. The van der Waals surface area contributed by atoms with E-state index in [2.05, 4.69) is 0 Å². The predicted octanol–water partition coefficient (Wildman–Crippen LogP) is 0.244. The van der Waals surface area contributed by atoms with Crippen LogP contribution < -0.4 is 11.3 Å². The molecule has 0 aromatic carbocycles. The van der Waals surface area contributed by atoms with Gasteiger partial charge in [-0.2, -0.15) is 0 Å². The summed E-state index contributed by atoms with van der Waals surface area (Å²) in [7, 11) is 0. The van der Waals surface area contributed by atoms with Crippen LogP contribution in [0.15, 0.2) is 16.9 Å². The van der Waals surface area contributed by atoms with Crippen molar-refractivity contribution in [2.75, 3.05) is 6.61 Å². The van der Waals surface area contributed by atoms with Gasteiger partial charge in [0.2, 0.25) is 0 Å². The van der Waals surface area contributed by atoms with E-state index in [1.54, 1.807) is 10.6 Å². The van der Waals surface area contributed by atoms with Crippen LogP contribution >= 0.6 is 0 Å². The molecule has 84 valence electrons. The molecule has 0 aliphatic rings. The van der Waals surface area contributed by atoms with Gasteiger partial charge in [0.1, 0.15) is 0 Å². The molecule has 3 N–H and O–H groups in total. The lowest BCUT2D eigenvalue weighted by Crippen LogP contribution is -2.29. The minimum absolute atomic E-state index is 0.0437. The van der Waals surface area contributed by atoms with Gasteiger partial charge in [-0.1, -0.05) is 13.0 Å². The highest BCUT2D eigenvalue weighted by Gasteiger charge is 2.08. The van der Waals surface area contributed by atoms with Crippen molar-refractivity contribution in [2.24, 2.45) is 11.7 Å². The summed E-state index contributed by atoms with van der Waals surface area (Å²) in [5, 5.41) is 8.96. The molecule has 0 bridgehead atoms. The maximum atomic E-state index is 11.9. The lowest BCUT2D eigenvalue weighted by atomic mass is 10.1. The Labute approximate surface area is 89.3 Å². The van der Waals surface area contributed by atoms with E-state index in [0.717, 1.165) is 5.69 Å². The van der Waals surface area contributed by atoms with E-state index in [1.807, 2.05) is 19.9 Å². The number of hydrogen-bond acceptors (Lipinski definition) is 3. The summed E-state index contributed by atoms with van der Waals surface area (Å²) in [6, 6.07) is 3.64. The molecule has 1 aromatic heterocycles. The summed E-state index contributed by atoms with van der Waals surface area (Å²) >= 11 is 0. The molecule has 1 rings (SSSR count). The molecule has 1 aromatic rings. The van der Waals surface area contributed by atoms with Crippen LogP contribution in [0, 0.1) is 12.8 Å². The zero-order valence-corrected chi connectivity index (χ0v) is 9.23. The van der Waals surface area contributed by atoms with Gasteiger partial charge in [-0.25, -0.2) is 0 Å². The topological polar surface area (TPSA) is 68.2 Å². The van der Waals surface area contributed by atoms with Crippen molar-refractivity contribution in [1.82, 2.24) is 4.57 Å². The van der Waals surface area contributed by atoms with E-state index in [1.165, 1.54) is 0 Å². The minimum atomic E-state index is -0.0437. The van der Waals surface area contributed by atoms with Crippen LogP contribution in [0.4, 0.5) is 0 Å². The molecule has 0 fully saturated rings. The molecule has 4 nitrogen and oxygen atoms in total.